The van der Waals surface area contributed by atoms with Gasteiger partial charge in [0.05, 0.1) is 13.2 Å². The third-order valence-electron chi connectivity index (χ3n) is 5.09. The van der Waals surface area contributed by atoms with Crippen LogP contribution in [0.15, 0.2) is 25.3 Å². The van der Waals surface area contributed by atoms with E-state index in [2.05, 4.69) is 33.3 Å². The maximum Gasteiger partial charge on any atom is 0.337 e. The average Bonchev–Trinajstić information content (AvgIpc) is 2.96. The lowest BCUT2D eigenvalue weighted by molar-refractivity contribution is -0.156. The summed E-state index contributed by atoms with van der Waals surface area (Å²) in [6.07, 6.45) is 4.10. The molecule has 0 rings (SSSR count). The molecule has 0 heterocycles. The fourth-order valence-electron chi connectivity index (χ4n) is 3.00. The number of hydrogen-bond acceptors (Lipinski definition) is 13. The molecule has 0 atom stereocenters. The summed E-state index contributed by atoms with van der Waals surface area (Å²) in [6, 6.07) is 0. The van der Waals surface area contributed by atoms with E-state index in [0.29, 0.717) is 38.5 Å². The zero-order valence-electron chi connectivity index (χ0n) is 24.2. The number of unbranched alkanes of at least 4 members (excludes halogenated alkanes) is 4. The second kappa shape index (κ2) is 25.2. The normalized spacial score (nSPS) is 9.95. The summed E-state index contributed by atoms with van der Waals surface area (Å²) in [6.45, 7) is 6.52. The first-order chi connectivity index (χ1) is 20.6. The topological polar surface area (TPSA) is 207 Å². The van der Waals surface area contributed by atoms with Crippen molar-refractivity contribution < 1.29 is 62.0 Å². The summed E-state index contributed by atoms with van der Waals surface area (Å²) in [5.41, 5.74) is 0. The maximum absolute atomic E-state index is 11.8. The van der Waals surface area contributed by atoms with Crippen LogP contribution in [0.5, 0.6) is 0 Å². The first-order valence-electron chi connectivity index (χ1n) is 13.7. The monoisotopic (exact) mass is 612 g/mol. The van der Waals surface area contributed by atoms with Crippen LogP contribution in [0.1, 0.15) is 64.2 Å². The van der Waals surface area contributed by atoms with E-state index in [1.54, 1.807) is 0 Å². The molecule has 0 aromatic rings. The molecular weight excluding hydrogens is 572 g/mol. The second-order valence-electron chi connectivity index (χ2n) is 8.71. The lowest BCUT2D eigenvalue weighted by Gasteiger charge is -2.08. The Morgan fingerprint density at radius 2 is 0.930 bits per heavy atom. The summed E-state index contributed by atoms with van der Waals surface area (Å²) in [7, 11) is 0. The van der Waals surface area contributed by atoms with E-state index in [4.69, 9.17) is 14.2 Å². The Morgan fingerprint density at radius 1 is 0.488 bits per heavy atom. The Hall–Kier alpha value is -4.56. The minimum Gasteiger partial charge on any atom is -0.465 e. The molecule has 240 valence electrons. The van der Waals surface area contributed by atoms with Crippen molar-refractivity contribution in [1.29, 1.82) is 0 Å². The lowest BCUT2D eigenvalue weighted by Crippen LogP contribution is -2.36. The average molecular weight is 613 g/mol. The van der Waals surface area contributed by atoms with E-state index in [-0.39, 0.29) is 52.4 Å². The van der Waals surface area contributed by atoms with Crippen LogP contribution in [0.25, 0.3) is 0 Å². The number of rotatable bonds is 24. The standard InChI is InChI=1S/C28H40N2O13/c1-3-23(33)41-17-18-42-25(35)11-7-5-9-15-39-27(37)19-21(31)29-13-14-30-22(32)20-28(38)40-16-10-6-8-12-26(36)43-24(34)4-2/h3-4H,1-2,5-20H2,(H,29,31)(H,30,32). The first kappa shape index (κ1) is 38.4. The van der Waals surface area contributed by atoms with Gasteiger partial charge < -0.3 is 34.3 Å². The van der Waals surface area contributed by atoms with Crippen molar-refractivity contribution in [2.75, 3.05) is 39.5 Å². The Morgan fingerprint density at radius 3 is 1.42 bits per heavy atom. The third-order valence-corrected chi connectivity index (χ3v) is 5.09. The molecule has 43 heavy (non-hydrogen) atoms. The van der Waals surface area contributed by atoms with Crippen LogP contribution in [0.3, 0.4) is 0 Å². The highest BCUT2D eigenvalue weighted by Crippen LogP contribution is 2.04. The highest BCUT2D eigenvalue weighted by molar-refractivity contribution is 5.95. The quantitative estimate of drug-likeness (QED) is 0.0507. The van der Waals surface area contributed by atoms with Gasteiger partial charge >= 0.3 is 35.8 Å². The molecule has 0 aromatic heterocycles. The van der Waals surface area contributed by atoms with E-state index < -0.39 is 60.5 Å². The molecule has 0 aliphatic rings. The molecule has 2 N–H and O–H groups in total. The molecule has 0 spiro atoms. The highest BCUT2D eigenvalue weighted by Gasteiger charge is 2.13. The maximum atomic E-state index is 11.8. The predicted octanol–water partition coefficient (Wildman–Crippen LogP) is 0.734. The minimum atomic E-state index is -0.816. The van der Waals surface area contributed by atoms with Gasteiger partial charge in [-0.3, -0.25) is 28.8 Å². The summed E-state index contributed by atoms with van der Waals surface area (Å²) in [4.78, 5) is 91.6. The summed E-state index contributed by atoms with van der Waals surface area (Å²) in [5, 5.41) is 4.88. The Kier molecular flexibility index (Phi) is 22.5. The largest absolute Gasteiger partial charge is 0.465 e. The smallest absolute Gasteiger partial charge is 0.337 e. The minimum absolute atomic E-state index is 0.0275. The molecule has 0 saturated carbocycles. The van der Waals surface area contributed by atoms with E-state index in [9.17, 15) is 38.4 Å². The zero-order chi connectivity index (χ0) is 32.3. The van der Waals surface area contributed by atoms with Gasteiger partial charge in [-0.1, -0.05) is 13.2 Å². The summed E-state index contributed by atoms with van der Waals surface area (Å²) in [5.74, 6) is -5.18. The van der Waals surface area contributed by atoms with Crippen LogP contribution in [0.4, 0.5) is 0 Å². The molecule has 0 aromatic carbocycles. The lowest BCUT2D eigenvalue weighted by atomic mass is 10.2. The molecule has 0 aliphatic carbocycles. The molecule has 0 saturated heterocycles. The summed E-state index contributed by atoms with van der Waals surface area (Å²) >= 11 is 0. The second-order valence-corrected chi connectivity index (χ2v) is 8.71. The Labute approximate surface area is 249 Å². The number of hydrogen-bond donors (Lipinski definition) is 2. The molecule has 0 aliphatic heterocycles. The Balaban J connectivity index is 3.70. The number of esters is 6. The van der Waals surface area contributed by atoms with Gasteiger partial charge in [0.2, 0.25) is 11.8 Å². The van der Waals surface area contributed by atoms with Crippen molar-refractivity contribution in [1.82, 2.24) is 10.6 Å². The predicted molar refractivity (Wildman–Crippen MR) is 148 cm³/mol. The first-order valence-corrected chi connectivity index (χ1v) is 13.7. The SMILES string of the molecule is C=CC(=O)OCCOC(=O)CCCCCOC(=O)CC(=O)NCCNC(=O)CC(=O)OCCCCCC(=O)OC(=O)C=C. The van der Waals surface area contributed by atoms with Gasteiger partial charge in [-0.25, -0.2) is 9.59 Å². The number of carbonyl (C=O) groups is 8. The number of nitrogens with one attached hydrogen (secondary N) is 2. The molecule has 15 heteroatoms. The fourth-order valence-corrected chi connectivity index (χ4v) is 3.00. The fraction of sp³-hybridized carbons (Fsp3) is 0.571. The van der Waals surface area contributed by atoms with Crippen LogP contribution >= 0.6 is 0 Å². The van der Waals surface area contributed by atoms with Crippen molar-refractivity contribution in [3.05, 3.63) is 25.3 Å². The molecule has 0 fully saturated rings. The highest BCUT2D eigenvalue weighted by atomic mass is 16.6. The molecule has 0 radical (unpaired) electrons. The Bertz CT molecular complexity index is 978. The van der Waals surface area contributed by atoms with Crippen LogP contribution < -0.4 is 10.6 Å². The van der Waals surface area contributed by atoms with Crippen LogP contribution in [-0.2, 0) is 62.0 Å². The van der Waals surface area contributed by atoms with Crippen molar-refractivity contribution in [3.8, 4) is 0 Å². The van der Waals surface area contributed by atoms with E-state index >= 15 is 0 Å². The van der Waals surface area contributed by atoms with Gasteiger partial charge in [-0.2, -0.15) is 0 Å². The van der Waals surface area contributed by atoms with E-state index in [0.717, 1.165) is 12.2 Å². The van der Waals surface area contributed by atoms with Crippen LogP contribution in [0, 0.1) is 0 Å². The van der Waals surface area contributed by atoms with Crippen molar-refractivity contribution in [2.24, 2.45) is 0 Å². The molecule has 0 bridgehead atoms. The molecule has 2 amide bonds. The van der Waals surface area contributed by atoms with Crippen molar-refractivity contribution in [2.45, 2.75) is 64.2 Å². The molecule has 15 nitrogen and oxygen atoms in total. The number of ether oxygens (including phenoxy) is 5. The van der Waals surface area contributed by atoms with Crippen LogP contribution in [0.2, 0.25) is 0 Å². The van der Waals surface area contributed by atoms with Crippen molar-refractivity contribution in [3.63, 3.8) is 0 Å². The van der Waals surface area contributed by atoms with Gasteiger partial charge in [-0.15, -0.1) is 0 Å². The van der Waals surface area contributed by atoms with Gasteiger partial charge in [0.25, 0.3) is 0 Å². The van der Waals surface area contributed by atoms with Crippen molar-refractivity contribution >= 4 is 47.6 Å². The molecule has 0 unspecified atom stereocenters. The zero-order valence-corrected chi connectivity index (χ0v) is 24.2. The molecular formula is C28H40N2O13. The van der Waals surface area contributed by atoms with Gasteiger partial charge in [0.15, 0.2) is 0 Å². The van der Waals surface area contributed by atoms with E-state index in [1.165, 1.54) is 0 Å². The van der Waals surface area contributed by atoms with Crippen LogP contribution in [-0.4, -0.2) is 87.1 Å². The summed E-state index contributed by atoms with van der Waals surface area (Å²) < 4.78 is 23.9. The van der Waals surface area contributed by atoms with Gasteiger partial charge in [-0.05, 0) is 38.5 Å². The van der Waals surface area contributed by atoms with Gasteiger partial charge in [0, 0.05) is 38.1 Å². The number of carbonyl (C=O) groups excluding carboxylic acids is 8. The third kappa shape index (κ3) is 24.9. The van der Waals surface area contributed by atoms with E-state index in [1.807, 2.05) is 0 Å². The van der Waals surface area contributed by atoms with Gasteiger partial charge in [0.1, 0.15) is 26.1 Å². The number of amides is 2.